The molecule has 2 rings (SSSR count). The number of aromatic nitrogens is 2. The average molecular weight is 259 g/mol. The molecule has 0 saturated heterocycles. The van der Waals surface area contributed by atoms with Crippen LogP contribution in [0.2, 0.25) is 0 Å². The minimum absolute atomic E-state index is 0.313. The molecule has 5 heteroatoms. The van der Waals surface area contributed by atoms with Crippen molar-refractivity contribution >= 4 is 5.69 Å². The van der Waals surface area contributed by atoms with Crippen molar-refractivity contribution in [3.8, 4) is 17.4 Å². The van der Waals surface area contributed by atoms with Crippen LogP contribution in [-0.4, -0.2) is 17.1 Å². The molecule has 0 aliphatic heterocycles. The molecular weight excluding hydrogens is 242 g/mol. The van der Waals surface area contributed by atoms with Gasteiger partial charge in [0, 0.05) is 17.8 Å². The van der Waals surface area contributed by atoms with Crippen LogP contribution < -0.4 is 15.2 Å². The molecule has 0 aliphatic rings. The smallest absolute Gasteiger partial charge is 0.222 e. The third kappa shape index (κ3) is 3.13. The Morgan fingerprint density at radius 3 is 2.58 bits per heavy atom. The summed E-state index contributed by atoms with van der Waals surface area (Å²) in [6.07, 6.45) is 1.49. The Morgan fingerprint density at radius 2 is 1.89 bits per heavy atom. The van der Waals surface area contributed by atoms with Crippen LogP contribution in [0.3, 0.4) is 0 Å². The summed E-state index contributed by atoms with van der Waals surface area (Å²) in [7, 11) is 1.58. The van der Waals surface area contributed by atoms with Gasteiger partial charge in [0.15, 0.2) is 11.5 Å². The van der Waals surface area contributed by atoms with Gasteiger partial charge in [-0.15, -0.1) is 0 Å². The molecule has 0 spiro atoms. The van der Waals surface area contributed by atoms with Crippen LogP contribution >= 0.6 is 0 Å². The van der Waals surface area contributed by atoms with Crippen molar-refractivity contribution in [3.63, 3.8) is 0 Å². The van der Waals surface area contributed by atoms with E-state index in [1.165, 1.54) is 6.33 Å². The van der Waals surface area contributed by atoms with E-state index in [4.69, 9.17) is 15.2 Å². The van der Waals surface area contributed by atoms with E-state index in [1.54, 1.807) is 25.3 Å². The van der Waals surface area contributed by atoms with Gasteiger partial charge in [-0.1, -0.05) is 13.8 Å². The highest BCUT2D eigenvalue weighted by molar-refractivity contribution is 5.52. The molecule has 1 aromatic carbocycles. The standard InChI is InChI=1S/C14H17N3O2/c1-9(2)11-7-14(17-8-16-11)19-13-6-10(15)4-5-12(13)18-3/h4-9H,15H2,1-3H3. The molecule has 2 aromatic rings. The van der Waals surface area contributed by atoms with Crippen molar-refractivity contribution < 1.29 is 9.47 Å². The van der Waals surface area contributed by atoms with Gasteiger partial charge in [0.1, 0.15) is 6.33 Å². The molecule has 19 heavy (non-hydrogen) atoms. The normalized spacial score (nSPS) is 10.5. The lowest BCUT2D eigenvalue weighted by molar-refractivity contribution is 0.373. The Morgan fingerprint density at radius 1 is 1.11 bits per heavy atom. The van der Waals surface area contributed by atoms with Gasteiger partial charge in [0.2, 0.25) is 5.88 Å². The average Bonchev–Trinajstić information content (AvgIpc) is 2.39. The highest BCUT2D eigenvalue weighted by atomic mass is 16.5. The predicted octanol–water partition coefficient (Wildman–Crippen LogP) is 2.98. The summed E-state index contributed by atoms with van der Waals surface area (Å²) in [5.41, 5.74) is 7.28. The second-order valence-electron chi connectivity index (χ2n) is 4.45. The van der Waals surface area contributed by atoms with Crippen LogP contribution in [0.4, 0.5) is 5.69 Å². The number of hydrogen-bond donors (Lipinski definition) is 1. The maximum Gasteiger partial charge on any atom is 0.222 e. The van der Waals surface area contributed by atoms with Gasteiger partial charge in [0.25, 0.3) is 0 Å². The summed E-state index contributed by atoms with van der Waals surface area (Å²) in [6, 6.07) is 7.03. The van der Waals surface area contributed by atoms with Gasteiger partial charge in [-0.2, -0.15) is 0 Å². The zero-order valence-electron chi connectivity index (χ0n) is 11.3. The zero-order chi connectivity index (χ0) is 13.8. The van der Waals surface area contributed by atoms with Gasteiger partial charge in [-0.25, -0.2) is 9.97 Å². The van der Waals surface area contributed by atoms with Gasteiger partial charge in [-0.3, -0.25) is 0 Å². The van der Waals surface area contributed by atoms with Crippen LogP contribution in [0.5, 0.6) is 17.4 Å². The van der Waals surface area contributed by atoms with Crippen molar-refractivity contribution in [1.29, 1.82) is 0 Å². The highest BCUT2D eigenvalue weighted by Gasteiger charge is 2.09. The fourth-order valence-electron chi connectivity index (χ4n) is 1.61. The lowest BCUT2D eigenvalue weighted by Crippen LogP contribution is -1.97. The molecular formula is C14H17N3O2. The molecule has 0 radical (unpaired) electrons. The van der Waals surface area contributed by atoms with Crippen molar-refractivity contribution in [2.24, 2.45) is 0 Å². The Bertz CT molecular complexity index is 570. The second kappa shape index (κ2) is 5.56. The molecule has 0 fully saturated rings. The van der Waals surface area contributed by atoms with E-state index in [0.29, 0.717) is 29.0 Å². The first-order valence-electron chi connectivity index (χ1n) is 6.03. The number of benzene rings is 1. The first-order chi connectivity index (χ1) is 9.10. The molecule has 5 nitrogen and oxygen atoms in total. The zero-order valence-corrected chi connectivity index (χ0v) is 11.3. The summed E-state index contributed by atoms with van der Waals surface area (Å²) in [6.45, 7) is 4.13. The Labute approximate surface area is 112 Å². The highest BCUT2D eigenvalue weighted by Crippen LogP contribution is 2.32. The first kappa shape index (κ1) is 13.1. The van der Waals surface area contributed by atoms with E-state index in [9.17, 15) is 0 Å². The molecule has 0 atom stereocenters. The fourth-order valence-corrected chi connectivity index (χ4v) is 1.61. The van der Waals surface area contributed by atoms with Crippen LogP contribution in [-0.2, 0) is 0 Å². The van der Waals surface area contributed by atoms with Crippen molar-refractivity contribution in [3.05, 3.63) is 36.3 Å². The Hall–Kier alpha value is -2.30. The molecule has 0 saturated carbocycles. The number of rotatable bonds is 4. The maximum absolute atomic E-state index is 5.75. The number of anilines is 1. The number of methoxy groups -OCH3 is 1. The molecule has 0 amide bonds. The lowest BCUT2D eigenvalue weighted by Gasteiger charge is -2.11. The van der Waals surface area contributed by atoms with Crippen LogP contribution in [0, 0.1) is 0 Å². The number of ether oxygens (including phenoxy) is 2. The summed E-state index contributed by atoms with van der Waals surface area (Å²) in [4.78, 5) is 8.29. The number of hydrogen-bond acceptors (Lipinski definition) is 5. The van der Waals surface area contributed by atoms with E-state index < -0.39 is 0 Å². The molecule has 0 aliphatic carbocycles. The minimum Gasteiger partial charge on any atom is -0.493 e. The van der Waals surface area contributed by atoms with E-state index in [0.717, 1.165) is 5.69 Å². The fraction of sp³-hybridized carbons (Fsp3) is 0.286. The van der Waals surface area contributed by atoms with E-state index in [2.05, 4.69) is 23.8 Å². The third-order valence-corrected chi connectivity index (χ3v) is 2.66. The van der Waals surface area contributed by atoms with Crippen molar-refractivity contribution in [1.82, 2.24) is 9.97 Å². The lowest BCUT2D eigenvalue weighted by atomic mass is 10.1. The molecule has 1 heterocycles. The molecule has 0 bridgehead atoms. The number of nitrogens with zero attached hydrogens (tertiary/aromatic N) is 2. The molecule has 100 valence electrons. The SMILES string of the molecule is COc1ccc(N)cc1Oc1cc(C(C)C)ncn1. The van der Waals surface area contributed by atoms with Gasteiger partial charge < -0.3 is 15.2 Å². The summed E-state index contributed by atoms with van der Waals surface area (Å²) in [5, 5.41) is 0. The van der Waals surface area contributed by atoms with Crippen molar-refractivity contribution in [2.45, 2.75) is 19.8 Å². The Balaban J connectivity index is 2.30. The second-order valence-corrected chi connectivity index (χ2v) is 4.45. The van der Waals surface area contributed by atoms with Crippen LogP contribution in [0.1, 0.15) is 25.5 Å². The summed E-state index contributed by atoms with van der Waals surface area (Å²) in [5.74, 6) is 1.94. The van der Waals surface area contributed by atoms with Gasteiger partial charge in [0.05, 0.1) is 12.8 Å². The number of nitrogens with two attached hydrogens (primary N) is 1. The quantitative estimate of drug-likeness (QED) is 0.855. The monoisotopic (exact) mass is 259 g/mol. The summed E-state index contributed by atoms with van der Waals surface area (Å²) >= 11 is 0. The maximum atomic E-state index is 5.75. The van der Waals surface area contributed by atoms with Crippen LogP contribution in [0.25, 0.3) is 0 Å². The number of nitrogen functional groups attached to an aromatic ring is 1. The summed E-state index contributed by atoms with van der Waals surface area (Å²) < 4.78 is 10.9. The van der Waals surface area contributed by atoms with E-state index in [-0.39, 0.29) is 0 Å². The predicted molar refractivity (Wildman–Crippen MR) is 73.6 cm³/mol. The first-order valence-corrected chi connectivity index (χ1v) is 6.03. The largest absolute Gasteiger partial charge is 0.493 e. The Kier molecular flexibility index (Phi) is 3.85. The minimum atomic E-state index is 0.313. The third-order valence-electron chi connectivity index (χ3n) is 2.66. The van der Waals surface area contributed by atoms with Gasteiger partial charge >= 0.3 is 0 Å². The molecule has 2 N–H and O–H groups in total. The van der Waals surface area contributed by atoms with E-state index >= 15 is 0 Å². The van der Waals surface area contributed by atoms with Crippen LogP contribution in [0.15, 0.2) is 30.6 Å². The van der Waals surface area contributed by atoms with E-state index in [1.807, 2.05) is 6.07 Å². The van der Waals surface area contributed by atoms with Gasteiger partial charge in [-0.05, 0) is 18.1 Å². The topological polar surface area (TPSA) is 70.3 Å². The molecule has 1 aromatic heterocycles. The van der Waals surface area contributed by atoms with Crippen molar-refractivity contribution in [2.75, 3.05) is 12.8 Å². The molecule has 0 unspecified atom stereocenters.